The van der Waals surface area contributed by atoms with Crippen molar-refractivity contribution < 1.29 is 14.3 Å². The molecule has 0 aliphatic carbocycles. The Kier molecular flexibility index (Phi) is 4.38. The number of thiazole rings is 1. The Balaban J connectivity index is 1.80. The van der Waals surface area contributed by atoms with Gasteiger partial charge in [0.05, 0.1) is 23.0 Å². The Labute approximate surface area is 149 Å². The minimum absolute atomic E-state index is 0.0789. The van der Waals surface area contributed by atoms with Crippen LogP contribution in [0.3, 0.4) is 0 Å². The summed E-state index contributed by atoms with van der Waals surface area (Å²) in [6.45, 7) is 0.627. The first-order chi connectivity index (χ1) is 12.3. The molecule has 0 unspecified atom stereocenters. The van der Waals surface area contributed by atoms with E-state index in [1.807, 2.05) is 48.5 Å². The van der Waals surface area contributed by atoms with Crippen LogP contribution < -0.4 is 9.64 Å². The molecule has 1 aliphatic heterocycles. The highest BCUT2D eigenvalue weighted by Crippen LogP contribution is 2.36. The van der Waals surface area contributed by atoms with Gasteiger partial charge in [-0.05, 0) is 37.1 Å². The van der Waals surface area contributed by atoms with Crippen molar-refractivity contribution >= 4 is 38.3 Å². The monoisotopic (exact) mass is 354 g/mol. The minimum atomic E-state index is -0.418. The topological polar surface area (TPSA) is 51.7 Å². The smallest absolute Gasteiger partial charge is 0.262 e. The number of ether oxygens (including phenoxy) is 2. The van der Waals surface area contributed by atoms with Gasteiger partial charge in [-0.2, -0.15) is 0 Å². The van der Waals surface area contributed by atoms with Crippen LogP contribution in [0.4, 0.5) is 10.8 Å². The predicted octanol–water partition coefficient (Wildman–Crippen LogP) is 4.15. The zero-order valence-electron chi connectivity index (χ0n) is 13.8. The lowest BCUT2D eigenvalue weighted by atomic mass is 10.2. The molecule has 2 heterocycles. The summed E-state index contributed by atoms with van der Waals surface area (Å²) < 4.78 is 12.0. The van der Waals surface area contributed by atoms with Crippen LogP contribution in [0.25, 0.3) is 10.2 Å². The van der Waals surface area contributed by atoms with E-state index in [1.165, 1.54) is 11.3 Å². The number of aromatic nitrogens is 1. The number of para-hydroxylation sites is 1. The Morgan fingerprint density at radius 2 is 2.16 bits per heavy atom. The van der Waals surface area contributed by atoms with Crippen molar-refractivity contribution in [1.82, 2.24) is 4.98 Å². The largest absolute Gasteiger partial charge is 0.497 e. The van der Waals surface area contributed by atoms with Crippen molar-refractivity contribution in [2.45, 2.75) is 18.9 Å². The molecule has 1 amide bonds. The van der Waals surface area contributed by atoms with Gasteiger partial charge in [0.1, 0.15) is 11.9 Å². The lowest BCUT2D eigenvalue weighted by Crippen LogP contribution is -2.35. The normalized spacial score (nSPS) is 16.9. The summed E-state index contributed by atoms with van der Waals surface area (Å²) in [5, 5.41) is 0.648. The van der Waals surface area contributed by atoms with E-state index in [2.05, 4.69) is 4.98 Å². The van der Waals surface area contributed by atoms with Gasteiger partial charge in [0.2, 0.25) is 0 Å². The second-order valence-electron chi connectivity index (χ2n) is 5.84. The number of fused-ring (bicyclic) bond motifs is 1. The molecule has 0 spiro atoms. The molecule has 0 radical (unpaired) electrons. The zero-order valence-corrected chi connectivity index (χ0v) is 14.7. The van der Waals surface area contributed by atoms with Crippen LogP contribution in [-0.4, -0.2) is 30.7 Å². The average Bonchev–Trinajstić information content (AvgIpc) is 3.31. The van der Waals surface area contributed by atoms with Gasteiger partial charge in [-0.25, -0.2) is 4.98 Å². The van der Waals surface area contributed by atoms with Gasteiger partial charge in [0.15, 0.2) is 5.13 Å². The highest BCUT2D eigenvalue weighted by molar-refractivity contribution is 7.22. The second-order valence-corrected chi connectivity index (χ2v) is 6.85. The van der Waals surface area contributed by atoms with E-state index in [0.29, 0.717) is 17.5 Å². The summed E-state index contributed by atoms with van der Waals surface area (Å²) in [6.07, 6.45) is 1.23. The third-order valence-electron chi connectivity index (χ3n) is 4.21. The Morgan fingerprint density at radius 1 is 1.28 bits per heavy atom. The molecule has 5 nitrogen and oxygen atoms in total. The van der Waals surface area contributed by atoms with Crippen molar-refractivity contribution in [3.63, 3.8) is 0 Å². The van der Waals surface area contributed by atoms with Gasteiger partial charge in [-0.15, -0.1) is 0 Å². The minimum Gasteiger partial charge on any atom is -0.497 e. The SMILES string of the molecule is COc1cccc(N(C(=O)[C@@H]2CCCO2)c2nc3ccccc3s2)c1. The fourth-order valence-electron chi connectivity index (χ4n) is 2.95. The maximum Gasteiger partial charge on any atom is 0.262 e. The van der Waals surface area contributed by atoms with Crippen LogP contribution in [0.1, 0.15) is 12.8 Å². The third kappa shape index (κ3) is 3.10. The van der Waals surface area contributed by atoms with E-state index in [1.54, 1.807) is 12.0 Å². The quantitative estimate of drug-likeness (QED) is 0.706. The van der Waals surface area contributed by atoms with Crippen LogP contribution in [0, 0.1) is 0 Å². The van der Waals surface area contributed by atoms with Gasteiger partial charge < -0.3 is 9.47 Å². The number of carbonyl (C=O) groups excluding carboxylic acids is 1. The molecule has 3 aromatic rings. The number of amides is 1. The van der Waals surface area contributed by atoms with Gasteiger partial charge in [0.25, 0.3) is 5.91 Å². The lowest BCUT2D eigenvalue weighted by molar-refractivity contribution is -0.126. The molecule has 1 aliphatic rings. The molecule has 1 atom stereocenters. The first-order valence-electron chi connectivity index (χ1n) is 8.21. The first kappa shape index (κ1) is 16.1. The number of carbonyl (C=O) groups is 1. The van der Waals surface area contributed by atoms with E-state index in [4.69, 9.17) is 9.47 Å². The Morgan fingerprint density at radius 3 is 2.92 bits per heavy atom. The highest BCUT2D eigenvalue weighted by Gasteiger charge is 2.32. The summed E-state index contributed by atoms with van der Waals surface area (Å²) in [5.41, 5.74) is 1.62. The first-order valence-corrected chi connectivity index (χ1v) is 9.03. The Hall–Kier alpha value is -2.44. The molecule has 1 saturated heterocycles. The fourth-order valence-corrected chi connectivity index (χ4v) is 3.95. The number of rotatable bonds is 4. The van der Waals surface area contributed by atoms with Crippen molar-refractivity contribution in [1.29, 1.82) is 0 Å². The summed E-state index contributed by atoms with van der Waals surface area (Å²) in [7, 11) is 1.61. The molecular formula is C19H18N2O3S. The molecule has 128 valence electrons. The van der Waals surface area contributed by atoms with E-state index in [9.17, 15) is 4.79 Å². The molecule has 0 bridgehead atoms. The van der Waals surface area contributed by atoms with E-state index in [-0.39, 0.29) is 5.91 Å². The Bertz CT molecular complexity index is 869. The molecule has 6 heteroatoms. The predicted molar refractivity (Wildman–Crippen MR) is 98.7 cm³/mol. The number of benzene rings is 2. The van der Waals surface area contributed by atoms with Gasteiger partial charge in [0, 0.05) is 12.7 Å². The average molecular weight is 354 g/mol. The molecule has 0 saturated carbocycles. The number of hydrogen-bond donors (Lipinski definition) is 0. The standard InChI is InChI=1S/C19H18N2O3S/c1-23-14-7-4-6-13(12-14)21(18(22)16-9-5-11-24-16)19-20-15-8-2-3-10-17(15)25-19/h2-4,6-8,10,12,16H,5,9,11H2,1H3/t16-/m0/s1. The lowest BCUT2D eigenvalue weighted by Gasteiger charge is -2.23. The molecule has 1 aromatic heterocycles. The number of anilines is 2. The van der Waals surface area contributed by atoms with Crippen molar-refractivity contribution in [3.8, 4) is 5.75 Å². The van der Waals surface area contributed by atoms with E-state index in [0.717, 1.165) is 28.7 Å². The van der Waals surface area contributed by atoms with Crippen LogP contribution >= 0.6 is 11.3 Å². The highest BCUT2D eigenvalue weighted by atomic mass is 32.1. The van der Waals surface area contributed by atoms with Crippen LogP contribution in [0.15, 0.2) is 48.5 Å². The van der Waals surface area contributed by atoms with Gasteiger partial charge in [-0.3, -0.25) is 9.69 Å². The molecule has 0 N–H and O–H groups in total. The van der Waals surface area contributed by atoms with Crippen molar-refractivity contribution in [2.24, 2.45) is 0 Å². The molecule has 25 heavy (non-hydrogen) atoms. The van der Waals surface area contributed by atoms with Crippen LogP contribution in [0.2, 0.25) is 0 Å². The van der Waals surface area contributed by atoms with Crippen molar-refractivity contribution in [3.05, 3.63) is 48.5 Å². The van der Waals surface area contributed by atoms with E-state index >= 15 is 0 Å². The van der Waals surface area contributed by atoms with Crippen LogP contribution in [0.5, 0.6) is 5.75 Å². The summed E-state index contributed by atoms with van der Waals surface area (Å²) in [6, 6.07) is 15.4. The summed E-state index contributed by atoms with van der Waals surface area (Å²) >= 11 is 1.50. The summed E-state index contributed by atoms with van der Waals surface area (Å²) in [5.74, 6) is 0.619. The van der Waals surface area contributed by atoms with Gasteiger partial charge >= 0.3 is 0 Å². The number of methoxy groups -OCH3 is 1. The summed E-state index contributed by atoms with van der Waals surface area (Å²) in [4.78, 5) is 19.5. The number of nitrogens with zero attached hydrogens (tertiary/aromatic N) is 2. The number of hydrogen-bond acceptors (Lipinski definition) is 5. The molecule has 4 rings (SSSR count). The van der Waals surface area contributed by atoms with Crippen LogP contribution in [-0.2, 0) is 9.53 Å². The fraction of sp³-hybridized carbons (Fsp3) is 0.263. The van der Waals surface area contributed by atoms with Gasteiger partial charge in [-0.1, -0.05) is 29.5 Å². The molecule has 1 fully saturated rings. The third-order valence-corrected chi connectivity index (χ3v) is 5.23. The maximum atomic E-state index is 13.1. The maximum absolute atomic E-state index is 13.1. The molecular weight excluding hydrogens is 336 g/mol. The molecule has 2 aromatic carbocycles. The van der Waals surface area contributed by atoms with Crippen molar-refractivity contribution in [2.75, 3.05) is 18.6 Å². The zero-order chi connectivity index (χ0) is 17.2. The van der Waals surface area contributed by atoms with E-state index < -0.39 is 6.10 Å². The second kappa shape index (κ2) is 6.82.